The summed E-state index contributed by atoms with van der Waals surface area (Å²) in [7, 11) is 2.03. The van der Waals surface area contributed by atoms with Crippen molar-refractivity contribution < 1.29 is 0 Å². The van der Waals surface area contributed by atoms with Gasteiger partial charge in [-0.3, -0.25) is 0 Å². The lowest BCUT2D eigenvalue weighted by Gasteiger charge is -2.18. The molecule has 0 fully saturated rings. The predicted octanol–water partition coefficient (Wildman–Crippen LogP) is 3.81. The van der Waals surface area contributed by atoms with Crippen molar-refractivity contribution in [1.29, 1.82) is 0 Å². The zero-order valence-corrected chi connectivity index (χ0v) is 12.8. The number of para-hydroxylation sites is 1. The van der Waals surface area contributed by atoms with E-state index in [0.717, 1.165) is 41.3 Å². The summed E-state index contributed by atoms with van der Waals surface area (Å²) in [5, 5.41) is 2.15. The molecule has 0 bridgehead atoms. The van der Waals surface area contributed by atoms with Crippen LogP contribution in [-0.4, -0.2) is 35.7 Å². The molecule has 0 aliphatic heterocycles. The minimum atomic E-state index is 0.711. The van der Waals surface area contributed by atoms with Crippen LogP contribution in [0.25, 0.3) is 10.9 Å². The lowest BCUT2D eigenvalue weighted by atomic mass is 10.2. The molecule has 19 heavy (non-hydrogen) atoms. The maximum atomic E-state index is 5.70. The highest BCUT2D eigenvalue weighted by Crippen LogP contribution is 2.25. The molecule has 0 atom stereocenters. The van der Waals surface area contributed by atoms with Crippen molar-refractivity contribution in [2.75, 3.05) is 30.6 Å². The monoisotopic (exact) mass is 295 g/mol. The van der Waals surface area contributed by atoms with E-state index in [1.54, 1.807) is 11.8 Å². The van der Waals surface area contributed by atoms with Crippen LogP contribution in [0.2, 0.25) is 0 Å². The maximum absolute atomic E-state index is 5.70. The molecule has 2 aromatic rings. The second kappa shape index (κ2) is 6.96. The van der Waals surface area contributed by atoms with Gasteiger partial charge in [-0.05, 0) is 25.2 Å². The van der Waals surface area contributed by atoms with E-state index in [-0.39, 0.29) is 0 Å². The average molecular weight is 296 g/mol. The Hall–Kier alpha value is -1.00. The van der Waals surface area contributed by atoms with Gasteiger partial charge in [0.25, 0.3) is 0 Å². The van der Waals surface area contributed by atoms with Crippen molar-refractivity contribution in [2.24, 2.45) is 0 Å². The van der Waals surface area contributed by atoms with Gasteiger partial charge >= 0.3 is 0 Å². The largest absolute Gasteiger partial charge is 0.344 e. The number of benzene rings is 1. The van der Waals surface area contributed by atoms with Crippen LogP contribution < -0.4 is 4.90 Å². The van der Waals surface area contributed by atoms with Crippen LogP contribution in [0.15, 0.2) is 29.3 Å². The van der Waals surface area contributed by atoms with Gasteiger partial charge in [0.2, 0.25) is 5.95 Å². The van der Waals surface area contributed by atoms with Crippen LogP contribution in [0.1, 0.15) is 12.8 Å². The molecule has 1 heterocycles. The van der Waals surface area contributed by atoms with E-state index in [1.807, 2.05) is 31.5 Å². The highest BCUT2D eigenvalue weighted by Gasteiger charge is 2.09. The summed E-state index contributed by atoms with van der Waals surface area (Å²) in [6, 6.07) is 8.14. The molecule has 0 saturated heterocycles. The molecule has 0 spiro atoms. The average Bonchev–Trinajstić information content (AvgIpc) is 2.46. The number of aromatic nitrogens is 2. The third kappa shape index (κ3) is 3.51. The molecule has 0 aliphatic rings. The second-order valence-electron chi connectivity index (χ2n) is 4.37. The summed E-state index contributed by atoms with van der Waals surface area (Å²) in [6.45, 7) is 0.929. The summed E-state index contributed by atoms with van der Waals surface area (Å²) in [5.74, 6) is 1.50. The fourth-order valence-corrected chi connectivity index (χ4v) is 2.66. The predicted molar refractivity (Wildman–Crippen MR) is 84.5 cm³/mol. The van der Waals surface area contributed by atoms with Crippen LogP contribution in [-0.2, 0) is 0 Å². The zero-order chi connectivity index (χ0) is 13.7. The Bertz CT molecular complexity index is 547. The number of anilines is 1. The Labute approximate surface area is 123 Å². The minimum absolute atomic E-state index is 0.711. The van der Waals surface area contributed by atoms with E-state index in [9.17, 15) is 0 Å². The number of alkyl halides is 1. The van der Waals surface area contributed by atoms with Gasteiger partial charge in [0, 0.05) is 24.9 Å². The Morgan fingerprint density at radius 1 is 1.21 bits per heavy atom. The lowest BCUT2D eigenvalue weighted by Crippen LogP contribution is -2.21. The minimum Gasteiger partial charge on any atom is -0.344 e. The van der Waals surface area contributed by atoms with E-state index in [1.165, 1.54) is 0 Å². The Morgan fingerprint density at radius 2 is 2.00 bits per heavy atom. The molecule has 0 N–H and O–H groups in total. The zero-order valence-electron chi connectivity index (χ0n) is 11.3. The molecule has 0 unspecified atom stereocenters. The van der Waals surface area contributed by atoms with Gasteiger partial charge < -0.3 is 4.90 Å². The molecule has 5 heteroatoms. The first-order chi connectivity index (χ1) is 9.26. The van der Waals surface area contributed by atoms with Crippen LogP contribution >= 0.6 is 23.4 Å². The Balaban J connectivity index is 2.28. The molecule has 0 amide bonds. The molecule has 102 valence electrons. The first kappa shape index (κ1) is 14.4. The first-order valence-electron chi connectivity index (χ1n) is 6.34. The number of rotatable bonds is 6. The Kier molecular flexibility index (Phi) is 5.28. The van der Waals surface area contributed by atoms with Gasteiger partial charge in [-0.25, -0.2) is 9.97 Å². The van der Waals surface area contributed by atoms with Crippen LogP contribution in [0.3, 0.4) is 0 Å². The van der Waals surface area contributed by atoms with Crippen molar-refractivity contribution in [3.05, 3.63) is 24.3 Å². The standard InChI is InChI=1S/C14H18ClN3S/c1-18(10-6-5-9-15)14-16-12-8-4-3-7-11(12)13(17-14)19-2/h3-4,7-8H,5-6,9-10H2,1-2H3. The van der Waals surface area contributed by atoms with Gasteiger partial charge in [0.15, 0.2) is 0 Å². The molecular weight excluding hydrogens is 278 g/mol. The molecule has 1 aromatic carbocycles. The lowest BCUT2D eigenvalue weighted by molar-refractivity contribution is 0.751. The van der Waals surface area contributed by atoms with E-state index in [0.29, 0.717) is 5.88 Å². The number of halogens is 1. The number of unbranched alkanes of at least 4 members (excludes halogenated alkanes) is 1. The smallest absolute Gasteiger partial charge is 0.226 e. The number of thioether (sulfide) groups is 1. The molecule has 3 nitrogen and oxygen atoms in total. The van der Waals surface area contributed by atoms with Crippen LogP contribution in [0.4, 0.5) is 5.95 Å². The number of hydrogen-bond acceptors (Lipinski definition) is 4. The highest BCUT2D eigenvalue weighted by molar-refractivity contribution is 7.98. The van der Waals surface area contributed by atoms with Crippen molar-refractivity contribution in [3.8, 4) is 0 Å². The van der Waals surface area contributed by atoms with Crippen molar-refractivity contribution in [3.63, 3.8) is 0 Å². The third-order valence-corrected chi connectivity index (χ3v) is 3.93. The molecule has 0 radical (unpaired) electrons. The Morgan fingerprint density at radius 3 is 2.74 bits per heavy atom. The van der Waals surface area contributed by atoms with Gasteiger partial charge in [0.1, 0.15) is 5.03 Å². The first-order valence-corrected chi connectivity index (χ1v) is 8.10. The third-order valence-electron chi connectivity index (χ3n) is 2.97. The number of fused-ring (bicyclic) bond motifs is 1. The molecular formula is C14H18ClN3S. The number of nitrogens with zero attached hydrogens (tertiary/aromatic N) is 3. The summed E-state index contributed by atoms with van der Waals surface area (Å²) >= 11 is 7.36. The molecule has 1 aromatic heterocycles. The normalized spacial score (nSPS) is 10.9. The molecule has 2 rings (SSSR count). The fourth-order valence-electron chi connectivity index (χ4n) is 1.91. The van der Waals surface area contributed by atoms with Gasteiger partial charge in [-0.2, -0.15) is 0 Å². The van der Waals surface area contributed by atoms with Gasteiger partial charge in [-0.1, -0.05) is 18.2 Å². The summed E-state index contributed by atoms with van der Waals surface area (Å²) < 4.78 is 0. The molecule has 0 aliphatic carbocycles. The summed E-state index contributed by atoms with van der Waals surface area (Å²) in [4.78, 5) is 11.4. The van der Waals surface area contributed by atoms with E-state index in [2.05, 4.69) is 20.9 Å². The summed E-state index contributed by atoms with van der Waals surface area (Å²) in [5.41, 5.74) is 1.00. The van der Waals surface area contributed by atoms with Crippen LogP contribution in [0.5, 0.6) is 0 Å². The van der Waals surface area contributed by atoms with Crippen molar-refractivity contribution in [1.82, 2.24) is 9.97 Å². The SMILES string of the molecule is CSc1nc(N(C)CCCCCl)nc2ccccc12. The molecule has 0 saturated carbocycles. The van der Waals surface area contributed by atoms with Gasteiger partial charge in [0.05, 0.1) is 5.52 Å². The van der Waals surface area contributed by atoms with Gasteiger partial charge in [-0.15, -0.1) is 23.4 Å². The van der Waals surface area contributed by atoms with Crippen LogP contribution in [0, 0.1) is 0 Å². The highest BCUT2D eigenvalue weighted by atomic mass is 35.5. The topological polar surface area (TPSA) is 29.0 Å². The van der Waals surface area contributed by atoms with E-state index >= 15 is 0 Å². The fraction of sp³-hybridized carbons (Fsp3) is 0.429. The van der Waals surface area contributed by atoms with Crippen molar-refractivity contribution >= 4 is 40.2 Å². The summed E-state index contributed by atoms with van der Waals surface area (Å²) in [6.07, 6.45) is 4.13. The maximum Gasteiger partial charge on any atom is 0.226 e. The quantitative estimate of drug-likeness (QED) is 0.351. The van der Waals surface area contributed by atoms with E-state index in [4.69, 9.17) is 11.6 Å². The number of hydrogen-bond donors (Lipinski definition) is 0. The van der Waals surface area contributed by atoms with Crippen molar-refractivity contribution in [2.45, 2.75) is 17.9 Å². The van der Waals surface area contributed by atoms with E-state index < -0.39 is 0 Å². The second-order valence-corrected chi connectivity index (χ2v) is 5.54.